The molecule has 1 aromatic rings. The Kier molecular flexibility index (Phi) is 4.62. The molecule has 0 radical (unpaired) electrons. The van der Waals surface area contributed by atoms with E-state index in [0.29, 0.717) is 24.1 Å². The third-order valence-corrected chi connectivity index (χ3v) is 4.14. The van der Waals surface area contributed by atoms with Crippen LogP contribution in [-0.4, -0.2) is 28.3 Å². The molecule has 1 saturated carbocycles. The summed E-state index contributed by atoms with van der Waals surface area (Å²) >= 11 is 2.06. The van der Waals surface area contributed by atoms with Crippen LogP contribution in [0.1, 0.15) is 37.0 Å². The van der Waals surface area contributed by atoms with Crippen LogP contribution >= 0.6 is 22.6 Å². The molecule has 1 amide bonds. The van der Waals surface area contributed by atoms with E-state index in [1.54, 1.807) is 6.07 Å². The molecule has 1 aliphatic carbocycles. The Morgan fingerprint density at radius 2 is 2.15 bits per heavy atom. The fourth-order valence-corrected chi connectivity index (χ4v) is 2.69. The number of nitro groups is 1. The average molecular weight is 388 g/mol. The van der Waals surface area contributed by atoms with Crippen molar-refractivity contribution in [3.63, 3.8) is 0 Å². The smallest absolute Gasteiger partial charge is 0.270 e. The molecule has 6 heteroatoms. The molecule has 0 aliphatic heterocycles. The van der Waals surface area contributed by atoms with Crippen molar-refractivity contribution in [1.82, 2.24) is 4.90 Å². The van der Waals surface area contributed by atoms with Gasteiger partial charge in [0, 0.05) is 28.3 Å². The maximum atomic E-state index is 12.7. The maximum Gasteiger partial charge on any atom is 0.270 e. The van der Waals surface area contributed by atoms with Gasteiger partial charge in [0.15, 0.2) is 0 Å². The minimum Gasteiger partial charge on any atom is -0.335 e. The summed E-state index contributed by atoms with van der Waals surface area (Å²) in [5.41, 5.74) is 0.404. The van der Waals surface area contributed by atoms with E-state index in [1.165, 1.54) is 12.1 Å². The van der Waals surface area contributed by atoms with E-state index in [4.69, 9.17) is 0 Å². The van der Waals surface area contributed by atoms with Gasteiger partial charge in [-0.2, -0.15) is 0 Å². The Morgan fingerprint density at radius 1 is 1.50 bits per heavy atom. The van der Waals surface area contributed by atoms with Gasteiger partial charge in [-0.3, -0.25) is 14.9 Å². The van der Waals surface area contributed by atoms with Crippen molar-refractivity contribution >= 4 is 34.2 Å². The van der Waals surface area contributed by atoms with Gasteiger partial charge in [0.1, 0.15) is 0 Å². The summed E-state index contributed by atoms with van der Waals surface area (Å²) < 4.78 is 0.757. The van der Waals surface area contributed by atoms with Gasteiger partial charge in [-0.05, 0) is 47.4 Å². The first-order valence-corrected chi connectivity index (χ1v) is 7.73. The standard InChI is InChI=1S/C14H17IN2O3/c1-9(2)8-16(10-3-4-10)14(18)12-7-11(17(19)20)5-6-13(12)15/h5-7,9-10H,3-4,8H2,1-2H3. The zero-order valence-electron chi connectivity index (χ0n) is 11.5. The third-order valence-electron chi connectivity index (χ3n) is 3.20. The Labute approximate surface area is 131 Å². The van der Waals surface area contributed by atoms with Crippen LogP contribution in [0.3, 0.4) is 0 Å². The van der Waals surface area contributed by atoms with Crippen LogP contribution in [0.2, 0.25) is 0 Å². The summed E-state index contributed by atoms with van der Waals surface area (Å²) in [7, 11) is 0. The molecule has 0 aromatic heterocycles. The molecule has 1 aliphatic rings. The highest BCUT2D eigenvalue weighted by Crippen LogP contribution is 2.30. The number of rotatable bonds is 5. The number of amides is 1. The molecule has 1 aromatic carbocycles. The molecule has 1 fully saturated rings. The lowest BCUT2D eigenvalue weighted by molar-refractivity contribution is -0.384. The van der Waals surface area contributed by atoms with E-state index in [0.717, 1.165) is 16.4 Å². The lowest BCUT2D eigenvalue weighted by Crippen LogP contribution is -2.36. The van der Waals surface area contributed by atoms with Crippen LogP contribution in [-0.2, 0) is 0 Å². The van der Waals surface area contributed by atoms with Crippen LogP contribution in [0.5, 0.6) is 0 Å². The quantitative estimate of drug-likeness (QED) is 0.441. The Hall–Kier alpha value is -1.18. The molecule has 0 bridgehead atoms. The van der Waals surface area contributed by atoms with E-state index in [-0.39, 0.29) is 11.6 Å². The van der Waals surface area contributed by atoms with Gasteiger partial charge in [0.05, 0.1) is 10.5 Å². The predicted molar refractivity (Wildman–Crippen MR) is 84.7 cm³/mol. The third kappa shape index (κ3) is 3.47. The minimum absolute atomic E-state index is 0.0333. The van der Waals surface area contributed by atoms with Crippen LogP contribution in [0.25, 0.3) is 0 Å². The summed E-state index contributed by atoms with van der Waals surface area (Å²) in [6.07, 6.45) is 2.06. The van der Waals surface area contributed by atoms with Gasteiger partial charge in [0.25, 0.3) is 11.6 Å². The summed E-state index contributed by atoms with van der Waals surface area (Å²) in [5.74, 6) is 0.296. The number of hydrogen-bond acceptors (Lipinski definition) is 3. The second kappa shape index (κ2) is 6.07. The molecule has 5 nitrogen and oxygen atoms in total. The van der Waals surface area contributed by atoms with Crippen molar-refractivity contribution in [3.8, 4) is 0 Å². The highest BCUT2D eigenvalue weighted by Gasteiger charge is 2.34. The Morgan fingerprint density at radius 3 is 2.65 bits per heavy atom. The fraction of sp³-hybridized carbons (Fsp3) is 0.500. The Bertz CT molecular complexity index is 541. The zero-order valence-corrected chi connectivity index (χ0v) is 13.7. The lowest BCUT2D eigenvalue weighted by Gasteiger charge is -2.25. The average Bonchev–Trinajstić information content (AvgIpc) is 3.19. The fourth-order valence-electron chi connectivity index (χ4n) is 2.12. The number of hydrogen-bond donors (Lipinski definition) is 0. The molecule has 108 valence electrons. The largest absolute Gasteiger partial charge is 0.335 e. The molecule has 0 N–H and O–H groups in total. The van der Waals surface area contributed by atoms with Gasteiger partial charge in [-0.25, -0.2) is 0 Å². The van der Waals surface area contributed by atoms with E-state index in [9.17, 15) is 14.9 Å². The molecule has 0 unspecified atom stereocenters. The van der Waals surface area contributed by atoms with E-state index in [1.807, 2.05) is 4.90 Å². The minimum atomic E-state index is -0.462. The monoisotopic (exact) mass is 388 g/mol. The van der Waals surface area contributed by atoms with Crippen molar-refractivity contribution in [2.45, 2.75) is 32.7 Å². The van der Waals surface area contributed by atoms with Gasteiger partial charge < -0.3 is 4.90 Å². The highest BCUT2D eigenvalue weighted by molar-refractivity contribution is 14.1. The van der Waals surface area contributed by atoms with Crippen LogP contribution in [0.4, 0.5) is 5.69 Å². The predicted octanol–water partition coefficient (Wildman–Crippen LogP) is 3.46. The van der Waals surface area contributed by atoms with Crippen LogP contribution in [0.15, 0.2) is 18.2 Å². The SMILES string of the molecule is CC(C)CN(C(=O)c1cc([N+](=O)[O-])ccc1I)C1CC1. The topological polar surface area (TPSA) is 63.5 Å². The van der Waals surface area contributed by atoms with Crippen LogP contribution in [0, 0.1) is 19.6 Å². The molecule has 0 atom stereocenters. The second-order valence-corrected chi connectivity index (χ2v) is 6.67. The maximum absolute atomic E-state index is 12.7. The summed E-state index contributed by atoms with van der Waals surface area (Å²) in [6.45, 7) is 4.84. The lowest BCUT2D eigenvalue weighted by atomic mass is 10.1. The number of carbonyl (C=O) groups excluding carboxylic acids is 1. The number of nitro benzene ring substituents is 1. The number of nitrogens with zero attached hydrogens (tertiary/aromatic N) is 2. The van der Waals surface area contributed by atoms with E-state index < -0.39 is 4.92 Å². The summed E-state index contributed by atoms with van der Waals surface area (Å²) in [5, 5.41) is 10.9. The first-order chi connectivity index (χ1) is 9.40. The molecule has 0 spiro atoms. The van der Waals surface area contributed by atoms with E-state index in [2.05, 4.69) is 36.4 Å². The second-order valence-electron chi connectivity index (χ2n) is 5.50. The highest BCUT2D eigenvalue weighted by atomic mass is 127. The van der Waals surface area contributed by atoms with Crippen molar-refractivity contribution in [1.29, 1.82) is 0 Å². The molecular formula is C14H17IN2O3. The number of non-ortho nitro benzene ring substituents is 1. The van der Waals surface area contributed by atoms with Crippen molar-refractivity contribution in [2.24, 2.45) is 5.92 Å². The molecule has 0 saturated heterocycles. The summed E-state index contributed by atoms with van der Waals surface area (Å²) in [4.78, 5) is 24.9. The van der Waals surface area contributed by atoms with Gasteiger partial charge in [-0.15, -0.1) is 0 Å². The molecule has 0 heterocycles. The number of benzene rings is 1. The van der Waals surface area contributed by atoms with Crippen molar-refractivity contribution in [3.05, 3.63) is 37.4 Å². The van der Waals surface area contributed by atoms with Crippen molar-refractivity contribution in [2.75, 3.05) is 6.54 Å². The van der Waals surface area contributed by atoms with Gasteiger partial charge >= 0.3 is 0 Å². The van der Waals surface area contributed by atoms with E-state index >= 15 is 0 Å². The first kappa shape index (κ1) is 15.2. The summed E-state index contributed by atoms with van der Waals surface area (Å²) in [6, 6.07) is 4.76. The Balaban J connectivity index is 2.30. The number of halogens is 1. The van der Waals surface area contributed by atoms with Gasteiger partial charge in [0.2, 0.25) is 0 Å². The van der Waals surface area contributed by atoms with Crippen LogP contribution < -0.4 is 0 Å². The molecule has 2 rings (SSSR count). The molecular weight excluding hydrogens is 371 g/mol. The number of carbonyl (C=O) groups is 1. The molecule has 20 heavy (non-hydrogen) atoms. The zero-order chi connectivity index (χ0) is 14.9. The first-order valence-electron chi connectivity index (χ1n) is 6.65. The van der Waals surface area contributed by atoms with Crippen molar-refractivity contribution < 1.29 is 9.72 Å². The normalized spacial score (nSPS) is 14.4. The van der Waals surface area contributed by atoms with Gasteiger partial charge in [-0.1, -0.05) is 13.8 Å².